The number of fused-ring (bicyclic) bond motifs is 3. The van der Waals surface area contributed by atoms with Gasteiger partial charge in [-0.25, -0.2) is 9.97 Å². The molecule has 0 saturated carbocycles. The van der Waals surface area contributed by atoms with Gasteiger partial charge in [-0.2, -0.15) is 4.98 Å². The van der Waals surface area contributed by atoms with Gasteiger partial charge in [0.25, 0.3) is 0 Å². The summed E-state index contributed by atoms with van der Waals surface area (Å²) in [5.41, 5.74) is 1.47. The number of nitrogens with zero attached hydrogens (tertiary/aromatic N) is 6. The molecule has 8 nitrogen and oxygen atoms in total. The third-order valence-corrected chi connectivity index (χ3v) is 5.04. The first-order valence-electron chi connectivity index (χ1n) is 8.71. The van der Waals surface area contributed by atoms with Crippen molar-refractivity contribution < 1.29 is 9.59 Å². The molecule has 5 rings (SSSR count). The summed E-state index contributed by atoms with van der Waals surface area (Å²) in [4.78, 5) is 41.5. The van der Waals surface area contributed by atoms with Crippen LogP contribution in [0.3, 0.4) is 0 Å². The van der Waals surface area contributed by atoms with Gasteiger partial charge in [-0.1, -0.05) is 30.3 Å². The maximum Gasteiger partial charge on any atom is 0.250 e. The fourth-order valence-corrected chi connectivity index (χ4v) is 3.68. The number of aromatic nitrogens is 4. The number of rotatable bonds is 2. The molecule has 0 aliphatic carbocycles. The summed E-state index contributed by atoms with van der Waals surface area (Å²) >= 11 is 0. The highest BCUT2D eigenvalue weighted by atomic mass is 16.2. The van der Waals surface area contributed by atoms with E-state index in [1.807, 2.05) is 30.3 Å². The minimum absolute atomic E-state index is 0.0822. The standard InChI is InChI=1S/C19H16N6O2/c1-23-14-11-21-19(22-17(14)25-13(18(23)27)7-8-15(25)26)24-10-9-20-16(24)12-5-3-2-4-6-12/h2-6,9-11,13H,7-8H2,1H3. The van der Waals surface area contributed by atoms with E-state index in [2.05, 4.69) is 15.0 Å². The van der Waals surface area contributed by atoms with Gasteiger partial charge in [0.2, 0.25) is 17.8 Å². The summed E-state index contributed by atoms with van der Waals surface area (Å²) in [6.07, 6.45) is 5.92. The Bertz CT molecular complexity index is 1060. The maximum absolute atomic E-state index is 12.5. The average Bonchev–Trinajstić information content (AvgIpc) is 3.33. The Hall–Kier alpha value is -3.55. The predicted octanol–water partition coefficient (Wildman–Crippen LogP) is 1.80. The number of anilines is 2. The van der Waals surface area contributed by atoms with Crippen LogP contribution in [0.5, 0.6) is 0 Å². The molecule has 1 saturated heterocycles. The van der Waals surface area contributed by atoms with Crippen LogP contribution in [0.2, 0.25) is 0 Å². The van der Waals surface area contributed by atoms with Crippen LogP contribution >= 0.6 is 0 Å². The highest BCUT2D eigenvalue weighted by Crippen LogP contribution is 2.38. The minimum atomic E-state index is -0.478. The number of amides is 2. The Morgan fingerprint density at radius 2 is 1.93 bits per heavy atom. The molecule has 2 aromatic heterocycles. The number of carbonyl (C=O) groups excluding carboxylic acids is 2. The SMILES string of the molecule is CN1C(=O)C2CCC(=O)N2c2nc(-n3ccnc3-c3ccccc3)ncc21. The molecule has 0 radical (unpaired) electrons. The summed E-state index contributed by atoms with van der Waals surface area (Å²) in [6, 6.07) is 9.27. The first kappa shape index (κ1) is 15.7. The highest BCUT2D eigenvalue weighted by molar-refractivity contribution is 6.13. The fraction of sp³-hybridized carbons (Fsp3) is 0.211. The predicted molar refractivity (Wildman–Crippen MR) is 98.5 cm³/mol. The Balaban J connectivity index is 1.65. The lowest BCUT2D eigenvalue weighted by Crippen LogP contribution is -2.50. The monoisotopic (exact) mass is 360 g/mol. The van der Waals surface area contributed by atoms with Crippen molar-refractivity contribution in [2.75, 3.05) is 16.8 Å². The molecule has 2 aliphatic heterocycles. The second kappa shape index (κ2) is 5.73. The first-order valence-corrected chi connectivity index (χ1v) is 8.71. The molecule has 1 fully saturated rings. The largest absolute Gasteiger partial charge is 0.309 e. The van der Waals surface area contributed by atoms with Gasteiger partial charge in [0.15, 0.2) is 5.82 Å². The second-order valence-corrected chi connectivity index (χ2v) is 6.58. The third kappa shape index (κ3) is 2.26. The summed E-state index contributed by atoms with van der Waals surface area (Å²) in [6.45, 7) is 0. The van der Waals surface area contributed by atoms with Crippen molar-refractivity contribution in [3.8, 4) is 17.3 Å². The van der Waals surface area contributed by atoms with Gasteiger partial charge in [0, 0.05) is 31.4 Å². The topological polar surface area (TPSA) is 84.2 Å². The van der Waals surface area contributed by atoms with E-state index in [9.17, 15) is 9.59 Å². The smallest absolute Gasteiger partial charge is 0.250 e. The molecule has 4 heterocycles. The Labute approximate surface area is 155 Å². The van der Waals surface area contributed by atoms with Crippen LogP contribution in [0.4, 0.5) is 11.5 Å². The number of hydrogen-bond donors (Lipinski definition) is 0. The molecule has 0 spiro atoms. The van der Waals surface area contributed by atoms with Crippen LogP contribution in [0.25, 0.3) is 17.3 Å². The molecule has 1 unspecified atom stereocenters. The number of likely N-dealkylation sites (N-methyl/N-ethyl adjacent to an activating group) is 1. The van der Waals surface area contributed by atoms with Crippen molar-refractivity contribution >= 4 is 23.3 Å². The lowest BCUT2D eigenvalue weighted by Gasteiger charge is -2.35. The maximum atomic E-state index is 12.5. The number of hydrogen-bond acceptors (Lipinski definition) is 5. The highest BCUT2D eigenvalue weighted by Gasteiger charge is 2.45. The van der Waals surface area contributed by atoms with Gasteiger partial charge in [-0.15, -0.1) is 0 Å². The van der Waals surface area contributed by atoms with Crippen LogP contribution in [-0.2, 0) is 9.59 Å². The van der Waals surface area contributed by atoms with Crippen LogP contribution in [0.15, 0.2) is 48.9 Å². The van der Waals surface area contributed by atoms with E-state index in [4.69, 9.17) is 0 Å². The van der Waals surface area contributed by atoms with E-state index < -0.39 is 6.04 Å². The third-order valence-electron chi connectivity index (χ3n) is 5.04. The molecule has 0 N–H and O–H groups in total. The molecule has 3 aromatic rings. The van der Waals surface area contributed by atoms with Crippen LogP contribution in [0.1, 0.15) is 12.8 Å². The quantitative estimate of drug-likeness (QED) is 0.696. The van der Waals surface area contributed by atoms with E-state index in [-0.39, 0.29) is 11.8 Å². The van der Waals surface area contributed by atoms with Crippen molar-refractivity contribution in [1.82, 2.24) is 19.5 Å². The van der Waals surface area contributed by atoms with E-state index in [0.29, 0.717) is 36.1 Å². The Morgan fingerprint density at radius 1 is 1.11 bits per heavy atom. The Morgan fingerprint density at radius 3 is 2.74 bits per heavy atom. The zero-order valence-electron chi connectivity index (χ0n) is 14.6. The molecular formula is C19H16N6O2. The molecule has 27 heavy (non-hydrogen) atoms. The van der Waals surface area contributed by atoms with Gasteiger partial charge < -0.3 is 4.90 Å². The number of benzene rings is 1. The van der Waals surface area contributed by atoms with E-state index in [0.717, 1.165) is 5.56 Å². The minimum Gasteiger partial charge on any atom is -0.309 e. The van der Waals surface area contributed by atoms with Gasteiger partial charge in [0.05, 0.1) is 6.20 Å². The normalized spacial score (nSPS) is 18.6. The molecule has 2 amide bonds. The van der Waals surface area contributed by atoms with E-state index in [1.165, 1.54) is 9.80 Å². The molecule has 134 valence electrons. The Kier molecular flexibility index (Phi) is 3.33. The number of imidazole rings is 1. The van der Waals surface area contributed by atoms with Gasteiger partial charge >= 0.3 is 0 Å². The van der Waals surface area contributed by atoms with Crippen molar-refractivity contribution in [3.05, 3.63) is 48.9 Å². The van der Waals surface area contributed by atoms with Crippen molar-refractivity contribution in [2.45, 2.75) is 18.9 Å². The zero-order chi connectivity index (χ0) is 18.5. The zero-order valence-corrected chi connectivity index (χ0v) is 14.6. The molecule has 1 atom stereocenters. The summed E-state index contributed by atoms with van der Waals surface area (Å²) in [5, 5.41) is 0. The molecule has 8 heteroatoms. The first-order chi connectivity index (χ1) is 13.1. The average molecular weight is 360 g/mol. The summed E-state index contributed by atoms with van der Waals surface area (Å²) in [5.74, 6) is 1.41. The van der Waals surface area contributed by atoms with Crippen LogP contribution < -0.4 is 9.80 Å². The molecular weight excluding hydrogens is 344 g/mol. The summed E-state index contributed by atoms with van der Waals surface area (Å²) < 4.78 is 1.78. The lowest BCUT2D eigenvalue weighted by molar-refractivity contribution is -0.122. The number of carbonyl (C=O) groups is 2. The molecule has 1 aromatic carbocycles. The van der Waals surface area contributed by atoms with Crippen LogP contribution in [-0.4, -0.2) is 44.4 Å². The van der Waals surface area contributed by atoms with Gasteiger partial charge in [0.1, 0.15) is 17.6 Å². The van der Waals surface area contributed by atoms with E-state index in [1.54, 1.807) is 30.2 Å². The molecule has 2 aliphatic rings. The fourth-order valence-electron chi connectivity index (χ4n) is 3.68. The van der Waals surface area contributed by atoms with Crippen molar-refractivity contribution in [2.24, 2.45) is 0 Å². The lowest BCUT2D eigenvalue weighted by atomic mass is 10.1. The second-order valence-electron chi connectivity index (χ2n) is 6.58. The van der Waals surface area contributed by atoms with Crippen molar-refractivity contribution in [1.29, 1.82) is 0 Å². The van der Waals surface area contributed by atoms with Crippen molar-refractivity contribution in [3.63, 3.8) is 0 Å². The van der Waals surface area contributed by atoms with Gasteiger partial charge in [-0.3, -0.25) is 19.1 Å². The summed E-state index contributed by atoms with van der Waals surface area (Å²) in [7, 11) is 1.69. The molecule has 0 bridgehead atoms. The van der Waals surface area contributed by atoms with Crippen LogP contribution in [0, 0.1) is 0 Å². The van der Waals surface area contributed by atoms with Gasteiger partial charge in [-0.05, 0) is 6.42 Å². The van der Waals surface area contributed by atoms with E-state index >= 15 is 0 Å².